The Bertz CT molecular complexity index is 102. The highest BCUT2D eigenvalue weighted by atomic mass is 32.2. The average Bonchev–Trinajstić information content (AvgIpc) is 1.88. The van der Waals surface area contributed by atoms with Gasteiger partial charge in [-0.3, -0.25) is 0 Å². The quantitative estimate of drug-likeness (QED) is 0.539. The minimum atomic E-state index is -0.789. The predicted octanol–water partition coefficient (Wildman–Crippen LogP) is -0.297. The topological polar surface area (TPSA) is 52.3 Å². The SMILES string of the molecule is C[S+]([O-])N1CCC(N)CC1. The number of hydrogen-bond acceptors (Lipinski definition) is 3. The van der Waals surface area contributed by atoms with Gasteiger partial charge in [0.2, 0.25) is 0 Å². The lowest BCUT2D eigenvalue weighted by Crippen LogP contribution is -2.42. The van der Waals surface area contributed by atoms with Gasteiger partial charge in [-0.2, -0.15) is 0 Å². The molecule has 0 bridgehead atoms. The summed E-state index contributed by atoms with van der Waals surface area (Å²) in [6.45, 7) is 1.79. The summed E-state index contributed by atoms with van der Waals surface area (Å²) in [7, 11) is 0. The van der Waals surface area contributed by atoms with Crippen LogP contribution in [-0.4, -0.2) is 34.2 Å². The second-order valence-corrected chi connectivity index (χ2v) is 4.05. The second-order valence-electron chi connectivity index (χ2n) is 2.69. The minimum absolute atomic E-state index is 0.333. The Kier molecular flexibility index (Phi) is 2.97. The van der Waals surface area contributed by atoms with E-state index < -0.39 is 11.4 Å². The van der Waals surface area contributed by atoms with Crippen LogP contribution in [0, 0.1) is 0 Å². The van der Waals surface area contributed by atoms with Crippen molar-refractivity contribution >= 4 is 11.4 Å². The van der Waals surface area contributed by atoms with Gasteiger partial charge in [0, 0.05) is 30.5 Å². The van der Waals surface area contributed by atoms with E-state index in [2.05, 4.69) is 0 Å². The number of hydrogen-bond donors (Lipinski definition) is 1. The van der Waals surface area contributed by atoms with Crippen LogP contribution in [0.4, 0.5) is 0 Å². The molecule has 0 radical (unpaired) electrons. The monoisotopic (exact) mass is 162 g/mol. The summed E-state index contributed by atoms with van der Waals surface area (Å²) in [6.07, 6.45) is 3.69. The molecule has 1 unspecified atom stereocenters. The first kappa shape index (κ1) is 8.33. The molecule has 3 nitrogen and oxygen atoms in total. The van der Waals surface area contributed by atoms with Crippen molar-refractivity contribution in [2.45, 2.75) is 18.9 Å². The lowest BCUT2D eigenvalue weighted by Gasteiger charge is -2.28. The van der Waals surface area contributed by atoms with Crippen molar-refractivity contribution in [2.75, 3.05) is 19.3 Å². The summed E-state index contributed by atoms with van der Waals surface area (Å²) in [6, 6.07) is 0.333. The summed E-state index contributed by atoms with van der Waals surface area (Å²) >= 11 is -0.789. The van der Waals surface area contributed by atoms with Crippen LogP contribution in [0.1, 0.15) is 12.8 Å². The molecule has 0 aliphatic carbocycles. The van der Waals surface area contributed by atoms with E-state index in [0.717, 1.165) is 25.9 Å². The molecule has 1 aliphatic heterocycles. The average molecular weight is 162 g/mol. The van der Waals surface area contributed by atoms with E-state index in [1.165, 1.54) is 0 Å². The molecule has 0 aromatic heterocycles. The molecule has 1 aliphatic rings. The molecule has 60 valence electrons. The molecule has 1 fully saturated rings. The number of nitrogens with zero attached hydrogens (tertiary/aromatic N) is 1. The molecule has 0 aromatic carbocycles. The van der Waals surface area contributed by atoms with Gasteiger partial charge in [-0.05, 0) is 12.8 Å². The van der Waals surface area contributed by atoms with E-state index in [1.54, 1.807) is 6.26 Å². The van der Waals surface area contributed by atoms with Gasteiger partial charge in [0.25, 0.3) is 0 Å². The lowest BCUT2D eigenvalue weighted by atomic mass is 10.1. The lowest BCUT2D eigenvalue weighted by molar-refractivity contribution is 0.322. The van der Waals surface area contributed by atoms with Crippen LogP contribution in [0.5, 0.6) is 0 Å². The Morgan fingerprint density at radius 2 is 2.00 bits per heavy atom. The van der Waals surface area contributed by atoms with E-state index in [1.807, 2.05) is 4.31 Å². The molecule has 10 heavy (non-hydrogen) atoms. The van der Waals surface area contributed by atoms with Gasteiger partial charge in [-0.25, -0.2) is 0 Å². The van der Waals surface area contributed by atoms with Gasteiger partial charge in [-0.1, -0.05) is 0 Å². The molecule has 0 aromatic rings. The van der Waals surface area contributed by atoms with Crippen LogP contribution in [0.15, 0.2) is 0 Å². The van der Waals surface area contributed by atoms with Crippen molar-refractivity contribution in [3.8, 4) is 0 Å². The Morgan fingerprint density at radius 1 is 1.50 bits per heavy atom. The standard InChI is InChI=1S/C6H14N2OS/c1-10(9)8-4-2-6(7)3-5-8/h6H,2-5,7H2,1H3. The zero-order valence-electron chi connectivity index (χ0n) is 6.25. The predicted molar refractivity (Wildman–Crippen MR) is 42.8 cm³/mol. The van der Waals surface area contributed by atoms with Crippen LogP contribution in [0.25, 0.3) is 0 Å². The van der Waals surface area contributed by atoms with Crippen molar-refractivity contribution in [1.82, 2.24) is 4.31 Å². The molecular formula is C6H14N2OS. The molecule has 1 saturated heterocycles. The maximum absolute atomic E-state index is 10.9. The van der Waals surface area contributed by atoms with E-state index >= 15 is 0 Å². The Morgan fingerprint density at radius 3 is 2.40 bits per heavy atom. The molecule has 0 saturated carbocycles. The first-order valence-corrected chi connectivity index (χ1v) is 5.05. The number of piperidine rings is 1. The third kappa shape index (κ3) is 2.12. The van der Waals surface area contributed by atoms with Crippen molar-refractivity contribution in [3.63, 3.8) is 0 Å². The van der Waals surface area contributed by atoms with Crippen LogP contribution >= 0.6 is 0 Å². The third-order valence-corrected chi connectivity index (χ3v) is 2.95. The van der Waals surface area contributed by atoms with Crippen molar-refractivity contribution in [2.24, 2.45) is 5.73 Å². The first-order chi connectivity index (χ1) is 4.70. The number of rotatable bonds is 1. The summed E-state index contributed by atoms with van der Waals surface area (Å²) in [5.74, 6) is 0. The van der Waals surface area contributed by atoms with Crippen molar-refractivity contribution < 1.29 is 4.55 Å². The van der Waals surface area contributed by atoms with E-state index in [9.17, 15) is 4.55 Å². The highest BCUT2D eigenvalue weighted by molar-refractivity contribution is 7.88. The molecular weight excluding hydrogens is 148 g/mol. The Hall–Kier alpha value is 0.230. The summed E-state index contributed by atoms with van der Waals surface area (Å²) in [4.78, 5) is 0. The number of nitrogens with two attached hydrogens (primary N) is 1. The van der Waals surface area contributed by atoms with Crippen molar-refractivity contribution in [3.05, 3.63) is 0 Å². The van der Waals surface area contributed by atoms with Gasteiger partial charge >= 0.3 is 0 Å². The van der Waals surface area contributed by atoms with E-state index in [-0.39, 0.29) is 0 Å². The highest BCUT2D eigenvalue weighted by Crippen LogP contribution is 2.10. The first-order valence-electron chi connectivity index (χ1n) is 3.54. The second kappa shape index (κ2) is 3.57. The summed E-state index contributed by atoms with van der Waals surface area (Å²) in [5.41, 5.74) is 5.67. The van der Waals surface area contributed by atoms with Crippen LogP contribution in [0.3, 0.4) is 0 Å². The molecule has 0 amide bonds. The van der Waals surface area contributed by atoms with Crippen LogP contribution in [-0.2, 0) is 11.4 Å². The zero-order chi connectivity index (χ0) is 7.56. The van der Waals surface area contributed by atoms with Gasteiger partial charge in [-0.15, -0.1) is 4.31 Å². The molecule has 1 rings (SSSR count). The van der Waals surface area contributed by atoms with Gasteiger partial charge in [0.05, 0.1) is 0 Å². The molecule has 4 heteroatoms. The maximum Gasteiger partial charge on any atom is 0.115 e. The third-order valence-electron chi connectivity index (χ3n) is 1.86. The molecule has 2 N–H and O–H groups in total. The normalized spacial score (nSPS) is 26.7. The van der Waals surface area contributed by atoms with Gasteiger partial charge < -0.3 is 10.3 Å². The largest absolute Gasteiger partial charge is 0.598 e. The van der Waals surface area contributed by atoms with Crippen molar-refractivity contribution in [1.29, 1.82) is 0 Å². The molecule has 1 atom stereocenters. The smallest absolute Gasteiger partial charge is 0.115 e. The Balaban J connectivity index is 2.26. The fourth-order valence-corrected chi connectivity index (χ4v) is 1.86. The zero-order valence-corrected chi connectivity index (χ0v) is 7.06. The van der Waals surface area contributed by atoms with Gasteiger partial charge in [0.1, 0.15) is 6.26 Å². The van der Waals surface area contributed by atoms with E-state index in [4.69, 9.17) is 5.73 Å². The maximum atomic E-state index is 10.9. The molecule has 1 heterocycles. The fourth-order valence-electron chi connectivity index (χ4n) is 1.13. The van der Waals surface area contributed by atoms with Crippen LogP contribution in [0.2, 0.25) is 0 Å². The van der Waals surface area contributed by atoms with Gasteiger partial charge in [0.15, 0.2) is 0 Å². The fraction of sp³-hybridized carbons (Fsp3) is 1.00. The summed E-state index contributed by atoms with van der Waals surface area (Å²) in [5, 5.41) is 0. The van der Waals surface area contributed by atoms with Crippen LogP contribution < -0.4 is 5.73 Å². The Labute approximate surface area is 64.9 Å². The van der Waals surface area contributed by atoms with E-state index in [0.29, 0.717) is 6.04 Å². The highest BCUT2D eigenvalue weighted by Gasteiger charge is 2.21. The summed E-state index contributed by atoms with van der Waals surface area (Å²) < 4.78 is 12.9. The minimum Gasteiger partial charge on any atom is -0.598 e. The molecule has 0 spiro atoms.